The van der Waals surface area contributed by atoms with E-state index >= 15 is 0 Å². The highest BCUT2D eigenvalue weighted by Gasteiger charge is 2.20. The Balaban J connectivity index is 1.76. The van der Waals surface area contributed by atoms with Gasteiger partial charge < -0.3 is 10.2 Å². The van der Waals surface area contributed by atoms with Crippen molar-refractivity contribution in [3.8, 4) is 0 Å². The van der Waals surface area contributed by atoms with Crippen molar-refractivity contribution in [3.05, 3.63) is 35.9 Å². The van der Waals surface area contributed by atoms with Crippen LogP contribution in [0.25, 0.3) is 0 Å². The zero-order chi connectivity index (χ0) is 12.8. The molecule has 0 radical (unpaired) electrons. The average molecular weight is 246 g/mol. The van der Waals surface area contributed by atoms with Crippen LogP contribution >= 0.6 is 0 Å². The van der Waals surface area contributed by atoms with Gasteiger partial charge in [0.2, 0.25) is 5.91 Å². The van der Waals surface area contributed by atoms with Crippen LogP contribution in [0.2, 0.25) is 0 Å². The third-order valence-electron chi connectivity index (χ3n) is 3.79. The first-order valence-electron chi connectivity index (χ1n) is 6.77. The zero-order valence-corrected chi connectivity index (χ0v) is 11.1. The van der Waals surface area contributed by atoms with Crippen molar-refractivity contribution in [2.45, 2.75) is 25.2 Å². The third kappa shape index (κ3) is 3.57. The summed E-state index contributed by atoms with van der Waals surface area (Å²) < 4.78 is 0. The molecule has 3 nitrogen and oxygen atoms in total. The van der Waals surface area contributed by atoms with Crippen molar-refractivity contribution in [1.29, 1.82) is 0 Å². The third-order valence-corrected chi connectivity index (χ3v) is 3.79. The molecule has 0 bridgehead atoms. The lowest BCUT2D eigenvalue weighted by molar-refractivity contribution is -0.121. The summed E-state index contributed by atoms with van der Waals surface area (Å²) in [4.78, 5) is 13.6. The van der Waals surface area contributed by atoms with Crippen LogP contribution in [0.3, 0.4) is 0 Å². The Morgan fingerprint density at radius 2 is 1.94 bits per heavy atom. The number of hydrogen-bond acceptors (Lipinski definition) is 2. The second kappa shape index (κ2) is 6.55. The maximum Gasteiger partial charge on any atom is 0.221 e. The van der Waals surface area contributed by atoms with E-state index < -0.39 is 0 Å². The number of carbonyl (C=O) groups is 1. The van der Waals surface area contributed by atoms with Gasteiger partial charge in [0, 0.05) is 20.0 Å². The smallest absolute Gasteiger partial charge is 0.221 e. The summed E-state index contributed by atoms with van der Waals surface area (Å²) in [6.07, 6.45) is 3.03. The van der Waals surface area contributed by atoms with E-state index in [1.165, 1.54) is 18.4 Å². The standard InChI is InChI=1S/C15H22N2O/c1-16-15(18)9-12-17-10-7-14(8-11-17)13-5-3-2-4-6-13/h2-6,14H,7-12H2,1H3,(H,16,18). The lowest BCUT2D eigenvalue weighted by Gasteiger charge is -2.32. The monoisotopic (exact) mass is 246 g/mol. The van der Waals surface area contributed by atoms with Gasteiger partial charge in [0.25, 0.3) is 0 Å². The molecule has 0 saturated carbocycles. The Morgan fingerprint density at radius 1 is 1.28 bits per heavy atom. The number of carbonyl (C=O) groups excluding carboxylic acids is 1. The van der Waals surface area contributed by atoms with E-state index in [0.717, 1.165) is 19.6 Å². The van der Waals surface area contributed by atoms with E-state index in [2.05, 4.69) is 40.5 Å². The minimum atomic E-state index is 0.139. The van der Waals surface area contributed by atoms with E-state index in [1.807, 2.05) is 0 Å². The highest BCUT2D eigenvalue weighted by Crippen LogP contribution is 2.27. The maximum atomic E-state index is 11.2. The quantitative estimate of drug-likeness (QED) is 0.881. The molecule has 0 atom stereocenters. The summed E-state index contributed by atoms with van der Waals surface area (Å²) in [7, 11) is 1.70. The van der Waals surface area contributed by atoms with E-state index in [0.29, 0.717) is 12.3 Å². The van der Waals surface area contributed by atoms with Gasteiger partial charge in [0.05, 0.1) is 0 Å². The molecule has 1 aliphatic heterocycles. The van der Waals surface area contributed by atoms with Crippen molar-refractivity contribution in [3.63, 3.8) is 0 Å². The van der Waals surface area contributed by atoms with Crippen molar-refractivity contribution < 1.29 is 4.79 Å². The fraction of sp³-hybridized carbons (Fsp3) is 0.533. The predicted molar refractivity (Wildman–Crippen MR) is 73.5 cm³/mol. The molecule has 0 aromatic heterocycles. The summed E-state index contributed by atoms with van der Waals surface area (Å²) in [5, 5.41) is 2.67. The van der Waals surface area contributed by atoms with Gasteiger partial charge in [-0.25, -0.2) is 0 Å². The molecule has 0 spiro atoms. The van der Waals surface area contributed by atoms with E-state index in [9.17, 15) is 4.79 Å². The predicted octanol–water partition coefficient (Wildman–Crippen LogP) is 2.00. The molecule has 1 aromatic rings. The molecule has 1 aromatic carbocycles. The number of amides is 1. The van der Waals surface area contributed by atoms with Crippen LogP contribution in [0.4, 0.5) is 0 Å². The van der Waals surface area contributed by atoms with Crippen LogP contribution in [0, 0.1) is 0 Å². The lowest BCUT2D eigenvalue weighted by atomic mass is 9.89. The Hall–Kier alpha value is -1.35. The van der Waals surface area contributed by atoms with Crippen LogP contribution in [0.1, 0.15) is 30.7 Å². The van der Waals surface area contributed by atoms with Crippen molar-refractivity contribution in [2.75, 3.05) is 26.7 Å². The highest BCUT2D eigenvalue weighted by atomic mass is 16.1. The fourth-order valence-electron chi connectivity index (χ4n) is 2.60. The molecule has 1 saturated heterocycles. The second-order valence-corrected chi connectivity index (χ2v) is 4.95. The average Bonchev–Trinajstić information content (AvgIpc) is 2.46. The molecule has 2 rings (SSSR count). The second-order valence-electron chi connectivity index (χ2n) is 4.95. The zero-order valence-electron chi connectivity index (χ0n) is 11.1. The first-order valence-corrected chi connectivity index (χ1v) is 6.77. The topological polar surface area (TPSA) is 32.3 Å². The molecule has 98 valence electrons. The minimum Gasteiger partial charge on any atom is -0.359 e. The van der Waals surface area contributed by atoms with Gasteiger partial charge in [-0.3, -0.25) is 4.79 Å². The normalized spacial score (nSPS) is 17.6. The van der Waals surface area contributed by atoms with Crippen molar-refractivity contribution in [1.82, 2.24) is 10.2 Å². The molecule has 1 heterocycles. The number of hydrogen-bond donors (Lipinski definition) is 1. The summed E-state index contributed by atoms with van der Waals surface area (Å²) >= 11 is 0. The molecule has 1 fully saturated rings. The van der Waals surface area contributed by atoms with Crippen molar-refractivity contribution in [2.24, 2.45) is 0 Å². The lowest BCUT2D eigenvalue weighted by Crippen LogP contribution is -2.35. The first-order chi connectivity index (χ1) is 8.79. The molecule has 0 unspecified atom stereocenters. The van der Waals surface area contributed by atoms with Gasteiger partial charge in [-0.2, -0.15) is 0 Å². The van der Waals surface area contributed by atoms with Crippen molar-refractivity contribution >= 4 is 5.91 Å². The maximum absolute atomic E-state index is 11.2. The molecular formula is C15H22N2O. The Bertz CT molecular complexity index is 369. The van der Waals surface area contributed by atoms with Gasteiger partial charge in [0.1, 0.15) is 0 Å². The molecule has 1 amide bonds. The van der Waals surface area contributed by atoms with Crippen LogP contribution in [-0.4, -0.2) is 37.5 Å². The molecule has 1 N–H and O–H groups in total. The molecule has 1 aliphatic rings. The molecule has 18 heavy (non-hydrogen) atoms. The van der Waals surface area contributed by atoms with Gasteiger partial charge in [-0.05, 0) is 37.4 Å². The number of rotatable bonds is 4. The van der Waals surface area contributed by atoms with Crippen LogP contribution in [0.5, 0.6) is 0 Å². The summed E-state index contributed by atoms with van der Waals surface area (Å²) in [5.74, 6) is 0.836. The SMILES string of the molecule is CNC(=O)CCN1CCC(c2ccccc2)CC1. The van der Waals surface area contributed by atoms with Gasteiger partial charge in [0.15, 0.2) is 0 Å². The Morgan fingerprint density at radius 3 is 2.56 bits per heavy atom. The number of piperidine rings is 1. The van der Waals surface area contributed by atoms with E-state index in [1.54, 1.807) is 7.05 Å². The highest BCUT2D eigenvalue weighted by molar-refractivity contribution is 5.75. The van der Waals surface area contributed by atoms with Gasteiger partial charge in [-0.1, -0.05) is 30.3 Å². The number of nitrogens with one attached hydrogen (secondary N) is 1. The summed E-state index contributed by atoms with van der Waals surface area (Å²) in [6.45, 7) is 3.11. The fourth-order valence-corrected chi connectivity index (χ4v) is 2.60. The van der Waals surface area contributed by atoms with Crippen LogP contribution in [-0.2, 0) is 4.79 Å². The van der Waals surface area contributed by atoms with Gasteiger partial charge in [-0.15, -0.1) is 0 Å². The van der Waals surface area contributed by atoms with Crippen LogP contribution < -0.4 is 5.32 Å². The number of benzene rings is 1. The molecular weight excluding hydrogens is 224 g/mol. The molecule has 0 aliphatic carbocycles. The van der Waals surface area contributed by atoms with E-state index in [-0.39, 0.29) is 5.91 Å². The van der Waals surface area contributed by atoms with Crippen LogP contribution in [0.15, 0.2) is 30.3 Å². The van der Waals surface area contributed by atoms with E-state index in [4.69, 9.17) is 0 Å². The minimum absolute atomic E-state index is 0.139. The van der Waals surface area contributed by atoms with Gasteiger partial charge >= 0.3 is 0 Å². The number of likely N-dealkylation sites (tertiary alicyclic amines) is 1. The number of nitrogens with zero attached hydrogens (tertiary/aromatic N) is 1. The Labute approximate surface area is 109 Å². The Kier molecular flexibility index (Phi) is 4.76. The summed E-state index contributed by atoms with van der Waals surface area (Å²) in [6, 6.07) is 10.8. The summed E-state index contributed by atoms with van der Waals surface area (Å²) in [5.41, 5.74) is 1.46. The largest absolute Gasteiger partial charge is 0.359 e. The molecule has 3 heteroatoms. The first kappa shape index (κ1) is 13.1.